The fraction of sp³-hybridized carbons (Fsp3) is 0.300. The second kappa shape index (κ2) is 6.43. The quantitative estimate of drug-likeness (QED) is 0.484. The van der Waals surface area contributed by atoms with Crippen LogP contribution in [0.3, 0.4) is 0 Å². The number of alkyl halides is 3. The van der Waals surface area contributed by atoms with E-state index in [-0.39, 0.29) is 16.7 Å². The van der Waals surface area contributed by atoms with Gasteiger partial charge in [-0.2, -0.15) is 18.2 Å². The normalized spacial score (nSPS) is 15.5. The average Bonchev–Trinajstić information content (AvgIpc) is 3.34. The van der Waals surface area contributed by atoms with Crippen LogP contribution in [0, 0.1) is 5.41 Å². The Bertz CT molecular complexity index is 1380. The maximum Gasteiger partial charge on any atom is 0.434 e. The summed E-state index contributed by atoms with van der Waals surface area (Å²) in [7, 11) is 3.31. The number of hydrogen-bond acceptors (Lipinski definition) is 4. The number of nitrogens with zero attached hydrogens (tertiary/aromatic N) is 6. The summed E-state index contributed by atoms with van der Waals surface area (Å²) in [5.41, 5.74) is 1.70. The predicted octanol–water partition coefficient (Wildman–Crippen LogP) is 3.86. The van der Waals surface area contributed by atoms with Gasteiger partial charge in [0.25, 0.3) is 0 Å². The molecule has 5 rings (SSSR count). The number of benzene rings is 1. The van der Waals surface area contributed by atoms with Crippen LogP contribution in [0.5, 0.6) is 0 Å². The van der Waals surface area contributed by atoms with Gasteiger partial charge in [0.1, 0.15) is 11.3 Å². The number of hydrogen-bond donors (Lipinski definition) is 1. The lowest BCUT2D eigenvalue weighted by atomic mass is 10.0. The highest BCUT2D eigenvalue weighted by molar-refractivity contribution is 6.28. The smallest absolute Gasteiger partial charge is 0.333 e. The van der Waals surface area contributed by atoms with Crippen LogP contribution >= 0.6 is 11.6 Å². The molecule has 1 fully saturated rings. The molecule has 0 amide bonds. The van der Waals surface area contributed by atoms with Gasteiger partial charge in [-0.3, -0.25) is 9.98 Å². The van der Waals surface area contributed by atoms with Gasteiger partial charge in [0.2, 0.25) is 10.9 Å². The Morgan fingerprint density at radius 1 is 1.10 bits per heavy atom. The summed E-state index contributed by atoms with van der Waals surface area (Å²) in [5.74, 6) is 0.238. The number of aryl methyl sites for hydroxylation is 2. The number of fused-ring (bicyclic) bond motifs is 1. The third-order valence-electron chi connectivity index (χ3n) is 5.82. The van der Waals surface area contributed by atoms with E-state index in [1.54, 1.807) is 29.9 Å². The highest BCUT2D eigenvalue weighted by atomic mass is 35.5. The molecule has 1 N–H and O–H groups in total. The molecule has 3 aromatic heterocycles. The minimum Gasteiger partial charge on any atom is -0.333 e. The molecule has 7 nitrogen and oxygen atoms in total. The van der Waals surface area contributed by atoms with E-state index in [4.69, 9.17) is 17.0 Å². The molecule has 1 aliphatic rings. The fourth-order valence-corrected chi connectivity index (χ4v) is 4.21. The Balaban J connectivity index is 1.58. The lowest BCUT2D eigenvalue weighted by Gasteiger charge is -2.19. The largest absolute Gasteiger partial charge is 0.434 e. The Kier molecular flexibility index (Phi) is 4.11. The first-order valence-corrected chi connectivity index (χ1v) is 9.86. The highest BCUT2D eigenvalue weighted by Crippen LogP contribution is 2.50. The van der Waals surface area contributed by atoms with Crippen LogP contribution in [0.25, 0.3) is 22.6 Å². The number of nitrogens with one attached hydrogen (secondary N) is 1. The maximum absolute atomic E-state index is 13.0. The molecule has 160 valence electrons. The number of imidazole rings is 2. The molecule has 0 unspecified atom stereocenters. The van der Waals surface area contributed by atoms with Crippen LogP contribution in [0.2, 0.25) is 5.28 Å². The van der Waals surface area contributed by atoms with E-state index in [1.807, 2.05) is 16.7 Å². The minimum atomic E-state index is -4.49. The van der Waals surface area contributed by atoms with Crippen LogP contribution in [0.15, 0.2) is 36.7 Å². The molecule has 3 heterocycles. The van der Waals surface area contributed by atoms with Crippen molar-refractivity contribution in [3.05, 3.63) is 58.8 Å². The topological polar surface area (TPSA) is 77.3 Å². The second-order valence-electron chi connectivity index (χ2n) is 7.73. The summed E-state index contributed by atoms with van der Waals surface area (Å²) in [4.78, 5) is 12.1. The summed E-state index contributed by atoms with van der Waals surface area (Å²) in [6.45, 7) is 0. The van der Waals surface area contributed by atoms with Crippen LogP contribution in [-0.2, 0) is 25.8 Å². The summed E-state index contributed by atoms with van der Waals surface area (Å²) in [5, 5.41) is 8.71. The summed E-state index contributed by atoms with van der Waals surface area (Å²) >= 11 is 6.01. The molecule has 0 bridgehead atoms. The van der Waals surface area contributed by atoms with Crippen molar-refractivity contribution in [3.63, 3.8) is 0 Å². The molecule has 0 aliphatic heterocycles. The van der Waals surface area contributed by atoms with Gasteiger partial charge in [-0.25, -0.2) is 9.97 Å². The molecule has 31 heavy (non-hydrogen) atoms. The third kappa shape index (κ3) is 2.96. The van der Waals surface area contributed by atoms with E-state index in [0.717, 1.165) is 24.6 Å². The highest BCUT2D eigenvalue weighted by Gasteiger charge is 2.48. The summed E-state index contributed by atoms with van der Waals surface area (Å²) in [6, 6.07) is 7.26. The Labute approximate surface area is 179 Å². The van der Waals surface area contributed by atoms with Crippen molar-refractivity contribution in [2.45, 2.75) is 24.6 Å². The maximum atomic E-state index is 13.0. The third-order valence-corrected chi connectivity index (χ3v) is 6.00. The zero-order valence-corrected chi connectivity index (χ0v) is 17.3. The summed E-state index contributed by atoms with van der Waals surface area (Å²) in [6.07, 6.45) is -0.299. The van der Waals surface area contributed by atoms with Crippen molar-refractivity contribution in [1.29, 1.82) is 5.41 Å². The van der Waals surface area contributed by atoms with Crippen LogP contribution in [0.4, 0.5) is 13.2 Å². The molecule has 11 heteroatoms. The predicted molar refractivity (Wildman–Crippen MR) is 107 cm³/mol. The van der Waals surface area contributed by atoms with E-state index in [0.29, 0.717) is 16.7 Å². The zero-order chi connectivity index (χ0) is 22.1. The number of halogens is 4. The Morgan fingerprint density at radius 3 is 2.35 bits per heavy atom. The first kappa shape index (κ1) is 19.8. The van der Waals surface area contributed by atoms with Crippen LogP contribution in [-0.4, -0.2) is 28.7 Å². The van der Waals surface area contributed by atoms with Crippen molar-refractivity contribution in [3.8, 4) is 11.4 Å². The van der Waals surface area contributed by atoms with E-state index in [1.165, 1.54) is 11.6 Å². The van der Waals surface area contributed by atoms with Gasteiger partial charge in [-0.1, -0.05) is 24.3 Å². The SMILES string of the molecule is Cn1cc(C(F)(F)F)nc1-c1ccc(C2(n3c(=N)n(C)c4cnc(Cl)nc43)CC2)cc1. The molecule has 0 radical (unpaired) electrons. The van der Waals surface area contributed by atoms with Crippen LogP contribution in [0.1, 0.15) is 24.1 Å². The molecule has 1 aliphatic carbocycles. The summed E-state index contributed by atoms with van der Waals surface area (Å²) < 4.78 is 43.9. The van der Waals surface area contributed by atoms with Gasteiger partial charge in [-0.05, 0) is 30.0 Å². The van der Waals surface area contributed by atoms with Gasteiger partial charge in [0, 0.05) is 25.9 Å². The van der Waals surface area contributed by atoms with Crippen molar-refractivity contribution < 1.29 is 13.2 Å². The van der Waals surface area contributed by atoms with E-state index in [2.05, 4.69) is 15.0 Å². The van der Waals surface area contributed by atoms with Gasteiger partial charge < -0.3 is 9.13 Å². The fourth-order valence-electron chi connectivity index (χ4n) is 4.08. The van der Waals surface area contributed by atoms with Gasteiger partial charge in [0.05, 0.1) is 11.7 Å². The van der Waals surface area contributed by atoms with Crippen molar-refractivity contribution in [2.24, 2.45) is 14.1 Å². The molecule has 0 atom stereocenters. The van der Waals surface area contributed by atoms with Gasteiger partial charge in [0.15, 0.2) is 11.3 Å². The van der Waals surface area contributed by atoms with E-state index in [9.17, 15) is 13.2 Å². The molecular weight excluding hydrogens is 431 g/mol. The molecular formula is C20H17ClF3N7. The second-order valence-corrected chi connectivity index (χ2v) is 8.07. The van der Waals surface area contributed by atoms with Crippen molar-refractivity contribution in [2.75, 3.05) is 0 Å². The number of aromatic nitrogens is 6. The first-order valence-electron chi connectivity index (χ1n) is 9.48. The monoisotopic (exact) mass is 447 g/mol. The molecule has 0 spiro atoms. The van der Waals surface area contributed by atoms with E-state index >= 15 is 0 Å². The first-order chi connectivity index (χ1) is 14.6. The average molecular weight is 448 g/mol. The Hall–Kier alpha value is -3.14. The zero-order valence-electron chi connectivity index (χ0n) is 16.6. The van der Waals surface area contributed by atoms with Crippen LogP contribution < -0.4 is 5.62 Å². The molecule has 4 aromatic rings. The lowest BCUT2D eigenvalue weighted by Crippen LogP contribution is -2.32. The van der Waals surface area contributed by atoms with Crippen molar-refractivity contribution >= 4 is 22.8 Å². The van der Waals surface area contributed by atoms with Gasteiger partial charge in [-0.15, -0.1) is 0 Å². The van der Waals surface area contributed by atoms with Crippen molar-refractivity contribution in [1.82, 2.24) is 28.7 Å². The molecule has 0 saturated heterocycles. The van der Waals surface area contributed by atoms with E-state index < -0.39 is 17.4 Å². The molecule has 1 saturated carbocycles. The Morgan fingerprint density at radius 2 is 1.77 bits per heavy atom. The lowest BCUT2D eigenvalue weighted by molar-refractivity contribution is -0.140. The molecule has 1 aromatic carbocycles. The standard InChI is InChI=1S/C20H17ClF3N7/c1-29-10-14(20(22,23)24)27-15(29)11-3-5-12(6-4-11)19(7-8-19)31-16-13(30(2)18(31)25)9-26-17(21)28-16/h3-6,9-10,25H,7-8H2,1-2H3. The number of rotatable bonds is 3. The van der Waals surface area contributed by atoms with Gasteiger partial charge >= 0.3 is 6.18 Å². The minimum absolute atomic E-state index is 0.105.